The molecular weight excluding hydrogens is 346 g/mol. The zero-order valence-electron chi connectivity index (χ0n) is 15.5. The van der Waals surface area contributed by atoms with Gasteiger partial charge in [-0.05, 0) is 48.9 Å². The van der Waals surface area contributed by atoms with Crippen molar-refractivity contribution in [3.63, 3.8) is 0 Å². The molecular formula is C20H21N3O4. The van der Waals surface area contributed by atoms with Crippen molar-refractivity contribution in [2.24, 2.45) is 5.10 Å². The van der Waals surface area contributed by atoms with Crippen LogP contribution in [0.1, 0.15) is 18.1 Å². The summed E-state index contributed by atoms with van der Waals surface area (Å²) in [5.41, 5.74) is 4.71. The maximum absolute atomic E-state index is 11.8. The predicted octanol–water partition coefficient (Wildman–Crippen LogP) is 2.69. The molecule has 0 heterocycles. The number of nitrogens with one attached hydrogen (secondary N) is 1. The van der Waals surface area contributed by atoms with Gasteiger partial charge in [0.2, 0.25) is 0 Å². The van der Waals surface area contributed by atoms with E-state index in [0.717, 1.165) is 11.3 Å². The summed E-state index contributed by atoms with van der Waals surface area (Å²) in [7, 11) is 3.16. The number of nitriles is 1. The van der Waals surface area contributed by atoms with E-state index < -0.39 is 0 Å². The van der Waals surface area contributed by atoms with Crippen molar-refractivity contribution in [2.45, 2.75) is 13.3 Å². The lowest BCUT2D eigenvalue weighted by Gasteiger charge is -2.09. The normalized spacial score (nSPS) is 10.7. The molecule has 1 N–H and O–H groups in total. The maximum atomic E-state index is 11.8. The fraction of sp³-hybridized carbons (Fsp3) is 0.250. The van der Waals surface area contributed by atoms with E-state index in [1.165, 1.54) is 0 Å². The first kappa shape index (κ1) is 19.8. The van der Waals surface area contributed by atoms with Crippen molar-refractivity contribution in [3.8, 4) is 23.3 Å². The van der Waals surface area contributed by atoms with Crippen LogP contribution >= 0.6 is 0 Å². The highest BCUT2D eigenvalue weighted by atomic mass is 16.5. The Bertz CT molecular complexity index is 855. The third-order valence-corrected chi connectivity index (χ3v) is 3.63. The highest BCUT2D eigenvalue weighted by molar-refractivity contribution is 5.86. The van der Waals surface area contributed by atoms with E-state index in [1.54, 1.807) is 38.5 Å². The van der Waals surface area contributed by atoms with E-state index >= 15 is 0 Å². The molecule has 0 saturated heterocycles. The van der Waals surface area contributed by atoms with Crippen molar-refractivity contribution >= 4 is 11.6 Å². The van der Waals surface area contributed by atoms with Gasteiger partial charge in [-0.15, -0.1) is 0 Å². The number of methoxy groups -OCH3 is 2. The molecule has 0 saturated carbocycles. The Balaban J connectivity index is 1.85. The first-order valence-corrected chi connectivity index (χ1v) is 8.21. The fourth-order valence-electron chi connectivity index (χ4n) is 2.29. The van der Waals surface area contributed by atoms with E-state index in [9.17, 15) is 4.79 Å². The molecule has 0 aliphatic rings. The Labute approximate surface area is 158 Å². The summed E-state index contributed by atoms with van der Waals surface area (Å²) in [6.07, 6.45) is 0.553. The summed E-state index contributed by atoms with van der Waals surface area (Å²) < 4.78 is 15.8. The number of amides is 1. The molecule has 7 nitrogen and oxygen atoms in total. The monoisotopic (exact) mass is 367 g/mol. The molecule has 0 aromatic heterocycles. The Morgan fingerprint density at radius 3 is 2.44 bits per heavy atom. The Morgan fingerprint density at radius 2 is 1.81 bits per heavy atom. The van der Waals surface area contributed by atoms with Gasteiger partial charge < -0.3 is 14.2 Å². The minimum Gasteiger partial charge on any atom is -0.493 e. The van der Waals surface area contributed by atoms with Crippen LogP contribution in [0.15, 0.2) is 47.6 Å². The van der Waals surface area contributed by atoms with Gasteiger partial charge in [0, 0.05) is 12.1 Å². The number of rotatable bonds is 8. The number of carbonyl (C=O) groups excluding carboxylic acids is 1. The molecule has 140 valence electrons. The lowest BCUT2D eigenvalue weighted by molar-refractivity contribution is -0.123. The summed E-state index contributed by atoms with van der Waals surface area (Å²) in [5, 5.41) is 12.8. The lowest BCUT2D eigenvalue weighted by Crippen LogP contribution is -2.25. The Hall–Kier alpha value is -3.53. The Kier molecular flexibility index (Phi) is 7.20. The quantitative estimate of drug-likeness (QED) is 0.572. The van der Waals surface area contributed by atoms with E-state index in [1.807, 2.05) is 31.2 Å². The predicted molar refractivity (Wildman–Crippen MR) is 101 cm³/mol. The molecule has 1 amide bonds. The number of hydrazone groups is 1. The summed E-state index contributed by atoms with van der Waals surface area (Å²) in [6.45, 7) is 1.65. The average Bonchev–Trinajstić information content (AvgIpc) is 2.70. The number of hydrogen-bond donors (Lipinski definition) is 1. The van der Waals surface area contributed by atoms with Crippen molar-refractivity contribution in [1.82, 2.24) is 5.43 Å². The number of nitrogens with zero attached hydrogens (tertiary/aromatic N) is 2. The molecule has 7 heteroatoms. The number of benzene rings is 2. The van der Waals surface area contributed by atoms with E-state index in [-0.39, 0.29) is 12.5 Å². The molecule has 0 aliphatic heterocycles. The molecule has 0 unspecified atom stereocenters. The van der Waals surface area contributed by atoms with Gasteiger partial charge in [-0.3, -0.25) is 4.79 Å². The van der Waals surface area contributed by atoms with Gasteiger partial charge in [0.1, 0.15) is 5.75 Å². The molecule has 2 aromatic rings. The molecule has 0 radical (unpaired) electrons. The van der Waals surface area contributed by atoms with Crippen LogP contribution in [0.25, 0.3) is 0 Å². The third kappa shape index (κ3) is 6.04. The van der Waals surface area contributed by atoms with Gasteiger partial charge in [-0.1, -0.05) is 6.07 Å². The second-order valence-corrected chi connectivity index (χ2v) is 5.67. The molecule has 0 fully saturated rings. The summed E-state index contributed by atoms with van der Waals surface area (Å²) in [5.74, 6) is 1.44. The third-order valence-electron chi connectivity index (χ3n) is 3.63. The van der Waals surface area contributed by atoms with E-state index in [2.05, 4.69) is 10.5 Å². The van der Waals surface area contributed by atoms with Crippen LogP contribution in [-0.2, 0) is 11.2 Å². The van der Waals surface area contributed by atoms with Crippen LogP contribution in [0.2, 0.25) is 0 Å². The molecule has 0 spiro atoms. The maximum Gasteiger partial charge on any atom is 0.277 e. The minimum atomic E-state index is -0.369. The molecule has 0 aliphatic carbocycles. The zero-order chi connectivity index (χ0) is 19.6. The smallest absolute Gasteiger partial charge is 0.277 e. The lowest BCUT2D eigenvalue weighted by atomic mass is 10.1. The fourth-order valence-corrected chi connectivity index (χ4v) is 2.29. The number of ether oxygens (including phenoxy) is 3. The van der Waals surface area contributed by atoms with Crippen LogP contribution in [0, 0.1) is 11.3 Å². The summed E-state index contributed by atoms with van der Waals surface area (Å²) in [6, 6.07) is 14.1. The van der Waals surface area contributed by atoms with E-state index in [0.29, 0.717) is 29.2 Å². The Morgan fingerprint density at radius 1 is 1.11 bits per heavy atom. The van der Waals surface area contributed by atoms with Crippen LogP contribution in [-0.4, -0.2) is 32.4 Å². The van der Waals surface area contributed by atoms with Gasteiger partial charge >= 0.3 is 0 Å². The first-order chi connectivity index (χ1) is 13.0. The second kappa shape index (κ2) is 9.82. The molecule has 2 aromatic carbocycles. The van der Waals surface area contributed by atoms with Gasteiger partial charge in [-0.2, -0.15) is 10.4 Å². The van der Waals surface area contributed by atoms with Crippen LogP contribution < -0.4 is 19.6 Å². The largest absolute Gasteiger partial charge is 0.493 e. The summed E-state index contributed by atoms with van der Waals surface area (Å²) >= 11 is 0. The van der Waals surface area contributed by atoms with Gasteiger partial charge in [0.05, 0.1) is 25.9 Å². The highest BCUT2D eigenvalue weighted by Crippen LogP contribution is 2.27. The average molecular weight is 367 g/mol. The van der Waals surface area contributed by atoms with Gasteiger partial charge in [-0.25, -0.2) is 5.43 Å². The highest BCUT2D eigenvalue weighted by Gasteiger charge is 2.06. The van der Waals surface area contributed by atoms with Crippen LogP contribution in [0.4, 0.5) is 0 Å². The van der Waals surface area contributed by atoms with Crippen LogP contribution in [0.3, 0.4) is 0 Å². The summed E-state index contributed by atoms with van der Waals surface area (Å²) in [4.78, 5) is 11.8. The standard InChI is InChI=1S/C20H21N3O4/c1-14(10-16-6-9-18(25-2)19(11-16)26-3)22-23-20(24)13-27-17-7-4-15(12-21)5-8-17/h4-9,11H,10,13H2,1-3H3,(H,23,24)/b22-14-. The molecule has 0 bridgehead atoms. The number of hydrogen-bond acceptors (Lipinski definition) is 6. The molecule has 27 heavy (non-hydrogen) atoms. The number of carbonyl (C=O) groups is 1. The SMILES string of the molecule is COc1ccc(C/C(C)=N\NC(=O)COc2ccc(C#N)cc2)cc1OC. The second-order valence-electron chi connectivity index (χ2n) is 5.67. The van der Waals surface area contributed by atoms with Crippen LogP contribution in [0.5, 0.6) is 17.2 Å². The molecule has 0 atom stereocenters. The minimum absolute atomic E-state index is 0.168. The van der Waals surface area contributed by atoms with Gasteiger partial charge in [0.15, 0.2) is 18.1 Å². The van der Waals surface area contributed by atoms with Crippen molar-refractivity contribution in [1.29, 1.82) is 5.26 Å². The molecule has 2 rings (SSSR count). The van der Waals surface area contributed by atoms with Crippen molar-refractivity contribution in [3.05, 3.63) is 53.6 Å². The van der Waals surface area contributed by atoms with E-state index in [4.69, 9.17) is 19.5 Å². The first-order valence-electron chi connectivity index (χ1n) is 8.21. The zero-order valence-corrected chi connectivity index (χ0v) is 15.5. The van der Waals surface area contributed by atoms with Gasteiger partial charge in [0.25, 0.3) is 5.91 Å². The van der Waals surface area contributed by atoms with Crippen molar-refractivity contribution in [2.75, 3.05) is 20.8 Å². The van der Waals surface area contributed by atoms with Crippen molar-refractivity contribution < 1.29 is 19.0 Å². The topological polar surface area (TPSA) is 92.9 Å².